The van der Waals surface area contributed by atoms with Crippen molar-refractivity contribution in [2.24, 2.45) is 13.0 Å². The second-order valence-electron chi connectivity index (χ2n) is 16.6. The van der Waals surface area contributed by atoms with Crippen LogP contribution in [-0.2, 0) is 38.9 Å². The van der Waals surface area contributed by atoms with Gasteiger partial charge in [-0.05, 0) is 109 Å². The van der Waals surface area contributed by atoms with Gasteiger partial charge >= 0.3 is 12.2 Å². The Morgan fingerprint density at radius 3 is 2.48 bits per heavy atom. The largest absolute Gasteiger partial charge is 0.514 e. The third-order valence-corrected chi connectivity index (χ3v) is 9.59. The first kappa shape index (κ1) is 42.5. The number of fused-ring (bicyclic) bond motifs is 1. The van der Waals surface area contributed by atoms with Crippen molar-refractivity contribution in [3.8, 4) is 22.8 Å². The number of benzene rings is 2. The molecular weight excluding hydrogens is 716 g/mol. The van der Waals surface area contributed by atoms with Gasteiger partial charge in [0.05, 0.1) is 18.9 Å². The van der Waals surface area contributed by atoms with Crippen molar-refractivity contribution in [1.29, 1.82) is 0 Å². The molecule has 1 atom stereocenters. The van der Waals surface area contributed by atoms with E-state index in [1.54, 1.807) is 42.5 Å². The van der Waals surface area contributed by atoms with Gasteiger partial charge in [-0.1, -0.05) is 48.7 Å². The van der Waals surface area contributed by atoms with Gasteiger partial charge in [-0.2, -0.15) is 0 Å². The molecule has 0 spiro atoms. The molecule has 14 nitrogen and oxygen atoms in total. The second-order valence-corrected chi connectivity index (χ2v) is 16.6. The average Bonchev–Trinajstić information content (AvgIpc) is 3.57. The van der Waals surface area contributed by atoms with Gasteiger partial charge in [0.25, 0.3) is 5.91 Å². The molecule has 1 aromatic heterocycles. The number of anilines is 1. The predicted molar refractivity (Wildman–Crippen MR) is 213 cm³/mol. The van der Waals surface area contributed by atoms with E-state index in [4.69, 9.17) is 23.7 Å². The minimum absolute atomic E-state index is 0.113. The number of rotatable bonds is 16. The molecule has 5 rings (SSSR count). The van der Waals surface area contributed by atoms with Gasteiger partial charge in [-0.25, -0.2) is 9.59 Å². The minimum Gasteiger partial charge on any atom is -0.481 e. The fourth-order valence-corrected chi connectivity index (χ4v) is 6.96. The van der Waals surface area contributed by atoms with Crippen LogP contribution in [0.1, 0.15) is 91.2 Å². The maximum Gasteiger partial charge on any atom is 0.514 e. The van der Waals surface area contributed by atoms with E-state index in [0.717, 1.165) is 36.2 Å². The van der Waals surface area contributed by atoms with Crippen molar-refractivity contribution in [1.82, 2.24) is 25.2 Å². The van der Waals surface area contributed by atoms with E-state index in [1.165, 1.54) is 37.7 Å². The number of hydrogen-bond acceptors (Lipinski definition) is 11. The molecule has 0 bridgehead atoms. The first-order valence-electron chi connectivity index (χ1n) is 19.9. The predicted octanol–water partition coefficient (Wildman–Crippen LogP) is 7.09. The summed E-state index contributed by atoms with van der Waals surface area (Å²) >= 11 is 0. The first-order valence-corrected chi connectivity index (χ1v) is 19.9. The number of aryl methyl sites for hydroxylation is 1. The van der Waals surface area contributed by atoms with Crippen LogP contribution < -0.4 is 20.1 Å². The van der Waals surface area contributed by atoms with Crippen LogP contribution in [-0.4, -0.2) is 94.7 Å². The molecule has 306 valence electrons. The Morgan fingerprint density at radius 1 is 1.00 bits per heavy atom. The van der Waals surface area contributed by atoms with Crippen molar-refractivity contribution < 1.29 is 38.1 Å². The zero-order valence-electron chi connectivity index (χ0n) is 34.2. The molecule has 1 fully saturated rings. The SMILES string of the molecule is Cn1cc(-c2cccc(CCOC(CCNCCN(CCc3ccc(OC(=O)OC(C)(C)C)c4c3OCC(=O)N4)C(=O)OC(C)(C)C)C3CCCCC3)c2)nn1. The molecule has 1 aliphatic heterocycles. The number of nitrogens with zero attached hydrogens (tertiary/aromatic N) is 4. The van der Waals surface area contributed by atoms with Crippen molar-refractivity contribution in [2.75, 3.05) is 44.7 Å². The molecule has 3 aromatic rings. The van der Waals surface area contributed by atoms with Crippen LogP contribution in [0.15, 0.2) is 42.6 Å². The van der Waals surface area contributed by atoms with Crippen LogP contribution in [0.3, 0.4) is 0 Å². The molecular formula is C42H60N6O8. The van der Waals surface area contributed by atoms with E-state index in [9.17, 15) is 14.4 Å². The van der Waals surface area contributed by atoms with Crippen molar-refractivity contribution >= 4 is 23.8 Å². The normalized spacial score (nSPS) is 15.3. The van der Waals surface area contributed by atoms with Gasteiger partial charge in [0.2, 0.25) is 0 Å². The molecule has 2 heterocycles. The van der Waals surface area contributed by atoms with Gasteiger partial charge < -0.3 is 39.2 Å². The number of hydrogen-bond donors (Lipinski definition) is 2. The third kappa shape index (κ3) is 13.2. The summed E-state index contributed by atoms with van der Waals surface area (Å²) in [6.45, 7) is 13.3. The summed E-state index contributed by atoms with van der Waals surface area (Å²) in [4.78, 5) is 39.8. The smallest absolute Gasteiger partial charge is 0.481 e. The highest BCUT2D eigenvalue weighted by Gasteiger charge is 2.29. The number of nitrogens with one attached hydrogen (secondary N) is 2. The molecule has 0 radical (unpaired) electrons. The summed E-state index contributed by atoms with van der Waals surface area (Å²) in [5, 5.41) is 14.6. The standard InChI is InChI=1S/C42H60N6O8/c1-41(2,3)55-39(50)48(23-19-31-16-17-35(54-40(51)56-42(4,5)6)37-38(31)53-28-36(49)44-37)24-22-43-21-18-34(30-13-9-8-10-14-30)52-25-20-29-12-11-15-32(26-29)33-27-47(7)46-45-33/h11-12,15-17,26-27,30,34,43H,8-10,13-14,18-25,28H2,1-7H3,(H,44,49). The Labute approximate surface area is 330 Å². The van der Waals surface area contributed by atoms with Crippen LogP contribution in [0.25, 0.3) is 11.3 Å². The number of carbonyl (C=O) groups excluding carboxylic acids is 3. The molecule has 2 amide bonds. The molecule has 1 aliphatic carbocycles. The van der Waals surface area contributed by atoms with Crippen LogP contribution >= 0.6 is 0 Å². The van der Waals surface area contributed by atoms with E-state index in [-0.39, 0.29) is 30.1 Å². The summed E-state index contributed by atoms with van der Waals surface area (Å²) in [6, 6.07) is 11.8. The second kappa shape index (κ2) is 19.4. The van der Waals surface area contributed by atoms with Crippen molar-refractivity contribution in [3.63, 3.8) is 0 Å². The first-order chi connectivity index (χ1) is 26.6. The van der Waals surface area contributed by atoms with Gasteiger partial charge in [0.1, 0.15) is 22.6 Å². The fourth-order valence-electron chi connectivity index (χ4n) is 6.96. The number of aromatic nitrogens is 3. The Balaban J connectivity index is 1.17. The molecule has 1 unspecified atom stereocenters. The maximum atomic E-state index is 13.4. The molecule has 1 saturated carbocycles. The van der Waals surface area contributed by atoms with Gasteiger partial charge in [-0.15, -0.1) is 5.10 Å². The fraction of sp³-hybridized carbons (Fsp3) is 0.595. The van der Waals surface area contributed by atoms with Crippen LogP contribution in [0, 0.1) is 5.92 Å². The highest BCUT2D eigenvalue weighted by Crippen LogP contribution is 2.40. The Kier molecular flexibility index (Phi) is 14.7. The summed E-state index contributed by atoms with van der Waals surface area (Å²) in [7, 11) is 1.87. The maximum absolute atomic E-state index is 13.4. The number of ether oxygens (including phenoxy) is 5. The van der Waals surface area contributed by atoms with Crippen LogP contribution in [0.2, 0.25) is 0 Å². The summed E-state index contributed by atoms with van der Waals surface area (Å²) in [6.07, 6.45) is 8.99. The average molecular weight is 777 g/mol. The van der Waals surface area contributed by atoms with E-state index < -0.39 is 23.5 Å². The topological polar surface area (TPSA) is 155 Å². The van der Waals surface area contributed by atoms with E-state index in [0.29, 0.717) is 44.3 Å². The highest BCUT2D eigenvalue weighted by atomic mass is 16.7. The lowest BCUT2D eigenvalue weighted by atomic mass is 9.84. The van der Waals surface area contributed by atoms with E-state index in [2.05, 4.69) is 45.2 Å². The molecule has 2 aromatic carbocycles. The monoisotopic (exact) mass is 776 g/mol. The van der Waals surface area contributed by atoms with Crippen molar-refractivity contribution in [3.05, 3.63) is 53.7 Å². The zero-order chi connectivity index (χ0) is 40.3. The Bertz CT molecular complexity index is 1770. The van der Waals surface area contributed by atoms with Crippen LogP contribution in [0.5, 0.6) is 11.5 Å². The van der Waals surface area contributed by atoms with Crippen molar-refractivity contribution in [2.45, 2.75) is 110 Å². The Hall–Kier alpha value is -4.69. The molecule has 2 N–H and O–H groups in total. The van der Waals surface area contributed by atoms with Crippen LogP contribution in [0.4, 0.5) is 15.3 Å². The summed E-state index contributed by atoms with van der Waals surface area (Å²) in [5.41, 5.74) is 2.68. The minimum atomic E-state index is -0.895. The molecule has 56 heavy (non-hydrogen) atoms. The van der Waals surface area contributed by atoms with Gasteiger partial charge in [-0.3, -0.25) is 9.48 Å². The molecule has 0 saturated heterocycles. The van der Waals surface area contributed by atoms with Gasteiger partial charge in [0, 0.05) is 32.2 Å². The van der Waals surface area contributed by atoms with Gasteiger partial charge in [0.15, 0.2) is 18.1 Å². The van der Waals surface area contributed by atoms with E-state index in [1.807, 2.05) is 34.0 Å². The molecule has 14 heteroatoms. The lowest BCUT2D eigenvalue weighted by Crippen LogP contribution is -2.42. The zero-order valence-corrected chi connectivity index (χ0v) is 34.2. The number of amides is 2. The lowest BCUT2D eigenvalue weighted by molar-refractivity contribution is -0.118. The highest BCUT2D eigenvalue weighted by molar-refractivity contribution is 5.98. The quantitative estimate of drug-likeness (QED) is 0.0870. The van der Waals surface area contributed by atoms with E-state index >= 15 is 0 Å². The molecule has 2 aliphatic rings. The number of carbonyl (C=O) groups is 3. The third-order valence-electron chi connectivity index (χ3n) is 9.59. The summed E-state index contributed by atoms with van der Waals surface area (Å²) < 4.78 is 30.7. The summed E-state index contributed by atoms with van der Waals surface area (Å²) in [5.74, 6) is 0.668. The Morgan fingerprint density at radius 2 is 1.77 bits per heavy atom. The lowest BCUT2D eigenvalue weighted by Gasteiger charge is -2.31.